The summed E-state index contributed by atoms with van der Waals surface area (Å²) in [5.41, 5.74) is 1.74. The molecule has 6 heteroatoms. The van der Waals surface area contributed by atoms with Crippen molar-refractivity contribution in [3.8, 4) is 5.69 Å². The molecule has 0 saturated heterocycles. The molecule has 22 heavy (non-hydrogen) atoms. The molecule has 3 rings (SSSR count). The maximum atomic E-state index is 14.3. The highest BCUT2D eigenvalue weighted by Gasteiger charge is 2.32. The summed E-state index contributed by atoms with van der Waals surface area (Å²) in [6, 6.07) is 8.60. The van der Waals surface area contributed by atoms with E-state index in [0.29, 0.717) is 17.0 Å². The second kappa shape index (κ2) is 5.63. The molecule has 2 heterocycles. The maximum Gasteiger partial charge on any atom is 0.219 e. The second-order valence-electron chi connectivity index (χ2n) is 5.25. The van der Waals surface area contributed by atoms with Gasteiger partial charge in [0.1, 0.15) is 5.82 Å². The highest BCUT2D eigenvalue weighted by Crippen LogP contribution is 2.24. The van der Waals surface area contributed by atoms with Crippen LogP contribution >= 0.6 is 0 Å². The number of hydrogen-bond acceptors (Lipinski definition) is 3. The minimum absolute atomic E-state index is 0.152. The van der Waals surface area contributed by atoms with Crippen LogP contribution in [0.25, 0.3) is 5.69 Å². The molecule has 1 amide bonds. The monoisotopic (exact) mass is 301 g/mol. The summed E-state index contributed by atoms with van der Waals surface area (Å²) in [7, 11) is 0. The first kappa shape index (κ1) is 14.3. The summed E-state index contributed by atoms with van der Waals surface area (Å²) in [5.74, 6) is -0.685. The first-order chi connectivity index (χ1) is 10.6. The minimum atomic E-state index is -0.514. The molecule has 1 N–H and O–H groups in total. The third kappa shape index (κ3) is 2.59. The number of benzene rings is 1. The molecule has 2 unspecified atom stereocenters. The number of amides is 1. The highest BCUT2D eigenvalue weighted by atomic mass is 19.1. The molecule has 5 nitrogen and oxygen atoms in total. The number of carbonyl (C=O) groups is 1. The Balaban J connectivity index is 1.85. The van der Waals surface area contributed by atoms with E-state index in [9.17, 15) is 9.18 Å². The van der Waals surface area contributed by atoms with Gasteiger partial charge in [0, 0.05) is 24.9 Å². The Morgan fingerprint density at radius 2 is 2.09 bits per heavy atom. The average molecular weight is 301 g/mol. The number of aromatic nitrogens is 1. The fraction of sp³-hybridized carbons (Fsp3) is 0.250. The summed E-state index contributed by atoms with van der Waals surface area (Å²) in [6.07, 6.45) is 3.05. The lowest BCUT2D eigenvalue weighted by Crippen LogP contribution is -2.38. The highest BCUT2D eigenvalue weighted by molar-refractivity contribution is 6.03. The van der Waals surface area contributed by atoms with Gasteiger partial charge in [-0.05, 0) is 24.3 Å². The fourth-order valence-electron chi connectivity index (χ4n) is 2.47. The number of halogens is 1. The largest absolute Gasteiger partial charge is 0.370 e. The van der Waals surface area contributed by atoms with Crippen LogP contribution in [0.5, 0.6) is 0 Å². The Hall–Kier alpha value is -2.63. The van der Waals surface area contributed by atoms with Gasteiger partial charge in [0.05, 0.1) is 17.3 Å². The van der Waals surface area contributed by atoms with Gasteiger partial charge >= 0.3 is 0 Å². The van der Waals surface area contributed by atoms with Gasteiger partial charge < -0.3 is 14.7 Å². The summed E-state index contributed by atoms with van der Waals surface area (Å²) in [5, 5.41) is 6.65. The zero-order chi connectivity index (χ0) is 15.7. The molecule has 1 aliphatic rings. The summed E-state index contributed by atoms with van der Waals surface area (Å²) in [4.78, 5) is 16.3. The van der Waals surface area contributed by atoms with E-state index >= 15 is 0 Å². The Morgan fingerprint density at radius 1 is 1.36 bits per heavy atom. The normalized spacial score (nSPS) is 20.4. The van der Waals surface area contributed by atoms with Gasteiger partial charge in [-0.1, -0.05) is 18.1 Å². The Morgan fingerprint density at radius 3 is 2.73 bits per heavy atom. The van der Waals surface area contributed by atoms with Crippen molar-refractivity contribution < 1.29 is 14.0 Å². The number of rotatable bonds is 3. The molecule has 0 fully saturated rings. The molecule has 0 saturated carbocycles. The Bertz CT molecular complexity index is 725. The molecule has 1 aromatic heterocycles. The molecule has 0 aliphatic carbocycles. The predicted molar refractivity (Wildman–Crippen MR) is 80.1 cm³/mol. The Kier molecular flexibility index (Phi) is 3.66. The molecule has 2 aromatic rings. The van der Waals surface area contributed by atoms with Crippen LogP contribution in [-0.2, 0) is 9.63 Å². The van der Waals surface area contributed by atoms with Crippen LogP contribution in [0.1, 0.15) is 19.4 Å². The van der Waals surface area contributed by atoms with E-state index in [4.69, 9.17) is 4.84 Å². The third-order valence-electron chi connectivity index (χ3n) is 3.62. The van der Waals surface area contributed by atoms with Crippen LogP contribution in [0.2, 0.25) is 0 Å². The lowest BCUT2D eigenvalue weighted by atomic mass is 9.97. The van der Waals surface area contributed by atoms with Crippen molar-refractivity contribution in [2.24, 2.45) is 11.1 Å². The van der Waals surface area contributed by atoms with Crippen molar-refractivity contribution in [1.29, 1.82) is 0 Å². The van der Waals surface area contributed by atoms with E-state index in [1.165, 1.54) is 13.0 Å². The molecule has 0 radical (unpaired) electrons. The van der Waals surface area contributed by atoms with Crippen molar-refractivity contribution >= 4 is 11.6 Å². The van der Waals surface area contributed by atoms with Crippen LogP contribution in [0.3, 0.4) is 0 Å². The van der Waals surface area contributed by atoms with E-state index in [-0.39, 0.29) is 17.6 Å². The summed E-state index contributed by atoms with van der Waals surface area (Å²) >= 11 is 0. The molecule has 0 spiro atoms. The van der Waals surface area contributed by atoms with E-state index < -0.39 is 6.23 Å². The van der Waals surface area contributed by atoms with Gasteiger partial charge in [0.15, 0.2) is 0 Å². The third-order valence-corrected chi connectivity index (χ3v) is 3.62. The topological polar surface area (TPSA) is 55.6 Å². The summed E-state index contributed by atoms with van der Waals surface area (Å²) in [6.45, 7) is 3.30. The van der Waals surface area contributed by atoms with Crippen molar-refractivity contribution in [2.75, 3.05) is 0 Å². The van der Waals surface area contributed by atoms with Crippen LogP contribution in [0.15, 0.2) is 47.9 Å². The number of nitrogens with zero attached hydrogens (tertiary/aromatic N) is 2. The van der Waals surface area contributed by atoms with Crippen LogP contribution in [-0.4, -0.2) is 22.4 Å². The number of oxime groups is 1. The van der Waals surface area contributed by atoms with Gasteiger partial charge in [0.2, 0.25) is 12.1 Å². The first-order valence-corrected chi connectivity index (χ1v) is 7.00. The quantitative estimate of drug-likeness (QED) is 0.946. The number of nitrogens with one attached hydrogen (secondary N) is 1. The molecule has 2 atom stereocenters. The smallest absolute Gasteiger partial charge is 0.219 e. The zero-order valence-electron chi connectivity index (χ0n) is 12.3. The van der Waals surface area contributed by atoms with Gasteiger partial charge in [-0.2, -0.15) is 0 Å². The predicted octanol–water partition coefficient (Wildman–Crippen LogP) is 2.45. The minimum Gasteiger partial charge on any atom is -0.370 e. The average Bonchev–Trinajstić information content (AvgIpc) is 3.10. The second-order valence-corrected chi connectivity index (χ2v) is 5.25. The SMILES string of the molecule is CC(=O)NC1ON=C(c2ccc(-n3cccc3)c(F)c2)C1C. The van der Waals surface area contributed by atoms with Gasteiger partial charge in [-0.25, -0.2) is 4.39 Å². The number of carbonyl (C=O) groups excluding carboxylic acids is 1. The van der Waals surface area contributed by atoms with E-state index in [1.807, 2.05) is 19.1 Å². The van der Waals surface area contributed by atoms with Crippen LogP contribution in [0, 0.1) is 11.7 Å². The van der Waals surface area contributed by atoms with E-state index in [1.54, 1.807) is 29.1 Å². The molecule has 1 aromatic carbocycles. The lowest BCUT2D eigenvalue weighted by molar-refractivity contribution is -0.123. The van der Waals surface area contributed by atoms with Gasteiger partial charge in [0.25, 0.3) is 0 Å². The van der Waals surface area contributed by atoms with Crippen molar-refractivity contribution in [3.63, 3.8) is 0 Å². The maximum absolute atomic E-state index is 14.3. The standard InChI is InChI=1S/C16H16FN3O2/c1-10-15(19-22-16(10)18-11(2)21)12-5-6-14(13(17)9-12)20-7-3-4-8-20/h3-10,16H,1-2H3,(H,18,21). The molecular formula is C16H16FN3O2. The van der Waals surface area contributed by atoms with Crippen LogP contribution in [0.4, 0.5) is 4.39 Å². The van der Waals surface area contributed by atoms with Crippen molar-refractivity contribution in [3.05, 3.63) is 54.1 Å². The Labute approximate surface area is 127 Å². The molecular weight excluding hydrogens is 285 g/mol. The zero-order valence-corrected chi connectivity index (χ0v) is 12.3. The van der Waals surface area contributed by atoms with Crippen molar-refractivity contribution in [2.45, 2.75) is 20.1 Å². The van der Waals surface area contributed by atoms with Gasteiger partial charge in [-0.3, -0.25) is 4.79 Å². The summed E-state index contributed by atoms with van der Waals surface area (Å²) < 4.78 is 16.0. The molecule has 114 valence electrons. The first-order valence-electron chi connectivity index (χ1n) is 7.00. The van der Waals surface area contributed by atoms with E-state index in [0.717, 1.165) is 0 Å². The van der Waals surface area contributed by atoms with E-state index in [2.05, 4.69) is 10.5 Å². The van der Waals surface area contributed by atoms with Crippen LogP contribution < -0.4 is 5.32 Å². The van der Waals surface area contributed by atoms with Gasteiger partial charge in [-0.15, -0.1) is 0 Å². The lowest BCUT2D eigenvalue weighted by Gasteiger charge is -2.15. The number of hydrogen-bond donors (Lipinski definition) is 1. The fourth-order valence-corrected chi connectivity index (χ4v) is 2.47. The van der Waals surface area contributed by atoms with Crippen molar-refractivity contribution in [1.82, 2.24) is 9.88 Å². The molecule has 0 bridgehead atoms. The molecule has 1 aliphatic heterocycles.